The summed E-state index contributed by atoms with van der Waals surface area (Å²) < 4.78 is 9.77. The number of carbonyl (C=O) groups is 1. The molecule has 0 fully saturated rings. The summed E-state index contributed by atoms with van der Waals surface area (Å²) in [6, 6.07) is 17.0. The van der Waals surface area contributed by atoms with Gasteiger partial charge in [0.05, 0.1) is 11.0 Å². The Labute approximate surface area is 169 Å². The molecule has 7 heteroatoms. The fraction of sp³-hybridized carbons (Fsp3) is 0.143. The zero-order chi connectivity index (χ0) is 19.8. The summed E-state index contributed by atoms with van der Waals surface area (Å²) in [5.41, 5.74) is 2.08. The maximum atomic E-state index is 12.3. The number of hydrogen-bond acceptors (Lipinski definition) is 3. The van der Waals surface area contributed by atoms with Gasteiger partial charge in [0.2, 0.25) is 0 Å². The molecular formula is C21H18BrN3O3. The Morgan fingerprint density at radius 1 is 0.964 bits per heavy atom. The number of benzene rings is 3. The van der Waals surface area contributed by atoms with Gasteiger partial charge < -0.3 is 10.1 Å². The molecule has 0 aliphatic carbocycles. The molecule has 1 N–H and O–H groups in total. The maximum Gasteiger partial charge on any atom is 0.328 e. The topological polar surface area (TPSA) is 65.3 Å². The largest absolute Gasteiger partial charge is 0.484 e. The second-order valence-electron chi connectivity index (χ2n) is 6.59. The van der Waals surface area contributed by atoms with Gasteiger partial charge in [-0.05, 0) is 53.2 Å². The van der Waals surface area contributed by atoms with Crippen molar-refractivity contribution in [2.75, 3.05) is 11.9 Å². The molecule has 0 unspecified atom stereocenters. The molecule has 0 saturated carbocycles. The summed E-state index contributed by atoms with van der Waals surface area (Å²) in [4.78, 5) is 24.3. The first-order valence-electron chi connectivity index (χ1n) is 8.70. The molecule has 0 bridgehead atoms. The lowest BCUT2D eigenvalue weighted by Crippen LogP contribution is -2.20. The number of hydrogen-bond donors (Lipinski definition) is 1. The van der Waals surface area contributed by atoms with Crippen molar-refractivity contribution in [1.82, 2.24) is 9.13 Å². The summed E-state index contributed by atoms with van der Waals surface area (Å²) in [5, 5.41) is 4.94. The SMILES string of the molecule is Cn1c(=O)n(C)c2cc(NC(=O)COc3ccc4cc(Br)ccc4c3)ccc21. The summed E-state index contributed by atoms with van der Waals surface area (Å²) in [7, 11) is 3.43. The van der Waals surface area contributed by atoms with Crippen molar-refractivity contribution in [3.05, 3.63) is 69.6 Å². The highest BCUT2D eigenvalue weighted by Gasteiger charge is 2.10. The van der Waals surface area contributed by atoms with E-state index in [0.29, 0.717) is 11.4 Å². The van der Waals surface area contributed by atoms with Gasteiger partial charge in [0.1, 0.15) is 5.75 Å². The van der Waals surface area contributed by atoms with Gasteiger partial charge >= 0.3 is 5.69 Å². The van der Waals surface area contributed by atoms with Crippen LogP contribution >= 0.6 is 15.9 Å². The van der Waals surface area contributed by atoms with Gasteiger partial charge in [-0.15, -0.1) is 0 Å². The van der Waals surface area contributed by atoms with Crippen molar-refractivity contribution in [1.29, 1.82) is 0 Å². The zero-order valence-corrected chi connectivity index (χ0v) is 17.0. The van der Waals surface area contributed by atoms with Crippen LogP contribution in [0, 0.1) is 0 Å². The van der Waals surface area contributed by atoms with Crippen LogP contribution in [0.15, 0.2) is 63.9 Å². The Balaban J connectivity index is 1.46. The lowest BCUT2D eigenvalue weighted by atomic mass is 10.1. The van der Waals surface area contributed by atoms with Crippen LogP contribution in [0.4, 0.5) is 5.69 Å². The third kappa shape index (κ3) is 3.41. The van der Waals surface area contributed by atoms with Crippen molar-refractivity contribution in [2.45, 2.75) is 0 Å². The number of anilines is 1. The summed E-state index contributed by atoms with van der Waals surface area (Å²) in [6.45, 7) is -0.103. The first-order chi connectivity index (χ1) is 13.4. The van der Waals surface area contributed by atoms with Crippen molar-refractivity contribution < 1.29 is 9.53 Å². The molecule has 28 heavy (non-hydrogen) atoms. The molecule has 0 spiro atoms. The maximum absolute atomic E-state index is 12.3. The normalized spacial score (nSPS) is 11.1. The predicted octanol–water partition coefficient (Wildman–Crippen LogP) is 3.81. The van der Waals surface area contributed by atoms with E-state index in [2.05, 4.69) is 21.2 Å². The average molecular weight is 440 g/mol. The molecule has 4 aromatic rings. The van der Waals surface area contributed by atoms with E-state index >= 15 is 0 Å². The van der Waals surface area contributed by atoms with E-state index in [1.807, 2.05) is 42.5 Å². The molecule has 1 amide bonds. The van der Waals surface area contributed by atoms with Gasteiger partial charge in [-0.25, -0.2) is 4.79 Å². The van der Waals surface area contributed by atoms with Gasteiger partial charge in [-0.2, -0.15) is 0 Å². The number of rotatable bonds is 4. The standard InChI is InChI=1S/C21H18BrN3O3/c1-24-18-8-6-16(11-19(18)25(2)21(24)27)23-20(26)12-28-17-7-4-13-9-15(22)5-3-14(13)10-17/h3-11H,12H2,1-2H3,(H,23,26). The quantitative estimate of drug-likeness (QED) is 0.525. The molecule has 0 saturated heterocycles. The minimum absolute atomic E-state index is 0.103. The Morgan fingerprint density at radius 3 is 2.50 bits per heavy atom. The highest BCUT2D eigenvalue weighted by Crippen LogP contribution is 2.24. The summed E-state index contributed by atoms with van der Waals surface area (Å²) in [6.07, 6.45) is 0. The summed E-state index contributed by atoms with van der Waals surface area (Å²) in [5.74, 6) is 0.363. The number of fused-ring (bicyclic) bond motifs is 2. The highest BCUT2D eigenvalue weighted by molar-refractivity contribution is 9.10. The first kappa shape index (κ1) is 18.3. The number of aryl methyl sites for hydroxylation is 2. The number of nitrogens with zero attached hydrogens (tertiary/aromatic N) is 2. The first-order valence-corrected chi connectivity index (χ1v) is 9.49. The third-order valence-electron chi connectivity index (χ3n) is 4.70. The number of amides is 1. The van der Waals surface area contributed by atoms with Crippen molar-refractivity contribution >= 4 is 49.3 Å². The minimum Gasteiger partial charge on any atom is -0.484 e. The minimum atomic E-state index is -0.267. The van der Waals surface area contributed by atoms with Crippen molar-refractivity contribution in [3.8, 4) is 5.75 Å². The Hall–Kier alpha value is -3.06. The van der Waals surface area contributed by atoms with Gasteiger partial charge in [0, 0.05) is 24.3 Å². The van der Waals surface area contributed by atoms with E-state index in [9.17, 15) is 9.59 Å². The number of halogens is 1. The number of ether oxygens (including phenoxy) is 1. The van der Waals surface area contributed by atoms with Crippen LogP contribution < -0.4 is 15.7 Å². The molecule has 0 atom stereocenters. The van der Waals surface area contributed by atoms with Gasteiger partial charge in [0.25, 0.3) is 5.91 Å². The number of nitrogens with one attached hydrogen (secondary N) is 1. The molecule has 0 radical (unpaired) electrons. The lowest BCUT2D eigenvalue weighted by Gasteiger charge is -2.09. The van der Waals surface area contributed by atoms with Gasteiger partial charge in [-0.1, -0.05) is 28.1 Å². The molecule has 6 nitrogen and oxygen atoms in total. The summed E-state index contributed by atoms with van der Waals surface area (Å²) >= 11 is 3.45. The fourth-order valence-corrected chi connectivity index (χ4v) is 3.59. The molecule has 0 aliphatic heterocycles. The predicted molar refractivity (Wildman–Crippen MR) is 114 cm³/mol. The Bertz CT molecular complexity index is 1270. The van der Waals surface area contributed by atoms with E-state index in [1.165, 1.54) is 0 Å². The van der Waals surface area contributed by atoms with Crippen LogP contribution in [0.2, 0.25) is 0 Å². The van der Waals surface area contributed by atoms with E-state index in [0.717, 1.165) is 26.3 Å². The molecule has 4 rings (SSSR count). The smallest absolute Gasteiger partial charge is 0.328 e. The number of carbonyl (C=O) groups excluding carboxylic acids is 1. The van der Waals surface area contributed by atoms with Gasteiger partial charge in [0.15, 0.2) is 6.61 Å². The van der Waals surface area contributed by atoms with Crippen LogP contribution in [0.25, 0.3) is 21.8 Å². The van der Waals surface area contributed by atoms with E-state index < -0.39 is 0 Å². The zero-order valence-electron chi connectivity index (χ0n) is 15.4. The molecule has 0 aliphatic rings. The molecule has 1 heterocycles. The molecule has 3 aromatic carbocycles. The number of aromatic nitrogens is 2. The second kappa shape index (κ2) is 7.16. The van der Waals surface area contributed by atoms with Crippen LogP contribution in [0.1, 0.15) is 0 Å². The van der Waals surface area contributed by atoms with E-state index in [-0.39, 0.29) is 18.2 Å². The van der Waals surface area contributed by atoms with E-state index in [4.69, 9.17) is 4.74 Å². The third-order valence-corrected chi connectivity index (χ3v) is 5.19. The monoisotopic (exact) mass is 439 g/mol. The lowest BCUT2D eigenvalue weighted by molar-refractivity contribution is -0.118. The Kier molecular flexibility index (Phi) is 4.68. The molecule has 142 valence electrons. The van der Waals surface area contributed by atoms with Crippen LogP contribution in [-0.4, -0.2) is 21.6 Å². The fourth-order valence-electron chi connectivity index (χ4n) is 3.21. The van der Waals surface area contributed by atoms with Crippen LogP contribution in [0.5, 0.6) is 5.75 Å². The van der Waals surface area contributed by atoms with E-state index in [1.54, 1.807) is 35.4 Å². The number of imidazole rings is 1. The highest BCUT2D eigenvalue weighted by atomic mass is 79.9. The Morgan fingerprint density at radius 2 is 1.68 bits per heavy atom. The molecule has 1 aromatic heterocycles. The average Bonchev–Trinajstić information content (AvgIpc) is 2.90. The van der Waals surface area contributed by atoms with Crippen LogP contribution in [-0.2, 0) is 18.9 Å². The van der Waals surface area contributed by atoms with Crippen molar-refractivity contribution in [3.63, 3.8) is 0 Å². The van der Waals surface area contributed by atoms with Gasteiger partial charge in [-0.3, -0.25) is 13.9 Å². The second-order valence-corrected chi connectivity index (χ2v) is 7.51. The molecular weight excluding hydrogens is 422 g/mol. The van der Waals surface area contributed by atoms with Crippen LogP contribution in [0.3, 0.4) is 0 Å². The van der Waals surface area contributed by atoms with Crippen molar-refractivity contribution in [2.24, 2.45) is 14.1 Å².